The van der Waals surface area contributed by atoms with Gasteiger partial charge in [-0.05, 0) is 31.4 Å². The van der Waals surface area contributed by atoms with Crippen LogP contribution in [0.5, 0.6) is 0 Å². The molecule has 1 aliphatic heterocycles. The molecule has 142 valence electrons. The van der Waals surface area contributed by atoms with Crippen LogP contribution in [-0.2, 0) is 20.7 Å². The topological polar surface area (TPSA) is 79.0 Å². The second kappa shape index (κ2) is 9.22. The number of nitrogens with zero attached hydrogens (tertiary/aromatic N) is 2. The van der Waals surface area contributed by atoms with E-state index in [0.717, 1.165) is 23.2 Å². The maximum absolute atomic E-state index is 12.4. The average Bonchev–Trinajstić information content (AvgIpc) is 2.63. The normalized spacial score (nSPS) is 14.1. The van der Waals surface area contributed by atoms with Crippen LogP contribution >= 0.6 is 0 Å². The Morgan fingerprint density at radius 3 is 2.35 bits per heavy atom. The van der Waals surface area contributed by atoms with Crippen molar-refractivity contribution < 1.29 is 19.1 Å². The smallest absolute Gasteiger partial charge is 0.409 e. The minimum Gasteiger partial charge on any atom is -0.450 e. The number of para-hydroxylation sites is 1. The summed E-state index contributed by atoms with van der Waals surface area (Å²) < 4.78 is 4.96. The molecule has 1 aromatic rings. The Kier molecular flexibility index (Phi) is 7.00. The molecule has 1 aliphatic rings. The van der Waals surface area contributed by atoms with Crippen molar-refractivity contribution in [3.63, 3.8) is 0 Å². The van der Waals surface area contributed by atoms with E-state index in [9.17, 15) is 14.4 Å². The van der Waals surface area contributed by atoms with Crippen LogP contribution in [0, 0.1) is 6.92 Å². The Morgan fingerprint density at radius 2 is 1.73 bits per heavy atom. The molecule has 3 amide bonds. The number of piperazine rings is 1. The molecule has 0 bridgehead atoms. The van der Waals surface area contributed by atoms with Gasteiger partial charge in [-0.15, -0.1) is 0 Å². The molecule has 1 saturated heterocycles. The Bertz CT molecular complexity index is 667. The van der Waals surface area contributed by atoms with Crippen molar-refractivity contribution in [1.29, 1.82) is 0 Å². The Labute approximate surface area is 154 Å². The maximum atomic E-state index is 12.4. The fraction of sp³-hybridized carbons (Fsp3) is 0.526. The fourth-order valence-electron chi connectivity index (χ4n) is 2.99. The number of anilines is 1. The third-order valence-electron chi connectivity index (χ3n) is 4.47. The number of benzene rings is 1. The Hall–Kier alpha value is -2.57. The lowest BCUT2D eigenvalue weighted by molar-refractivity contribution is -0.135. The number of carbonyl (C=O) groups is 3. The first-order chi connectivity index (χ1) is 12.5. The minimum absolute atomic E-state index is 0.198. The number of amides is 3. The molecule has 0 atom stereocenters. The first kappa shape index (κ1) is 19.8. The summed E-state index contributed by atoms with van der Waals surface area (Å²) in [6.45, 7) is 7.72. The molecule has 0 aromatic heterocycles. The zero-order valence-electron chi connectivity index (χ0n) is 15.7. The van der Waals surface area contributed by atoms with Crippen molar-refractivity contribution in [3.05, 3.63) is 29.3 Å². The highest BCUT2D eigenvalue weighted by atomic mass is 16.6. The Morgan fingerprint density at radius 1 is 1.08 bits per heavy atom. The van der Waals surface area contributed by atoms with Crippen molar-refractivity contribution in [3.8, 4) is 0 Å². The van der Waals surface area contributed by atoms with Gasteiger partial charge >= 0.3 is 6.09 Å². The van der Waals surface area contributed by atoms with E-state index < -0.39 is 0 Å². The van der Waals surface area contributed by atoms with Crippen molar-refractivity contribution in [2.24, 2.45) is 0 Å². The minimum atomic E-state index is -0.357. The number of hydrogen-bond acceptors (Lipinski definition) is 4. The zero-order valence-corrected chi connectivity index (χ0v) is 15.7. The second-order valence-electron chi connectivity index (χ2n) is 6.25. The molecule has 0 unspecified atom stereocenters. The van der Waals surface area contributed by atoms with Gasteiger partial charge in [-0.2, -0.15) is 0 Å². The molecular weight excluding hydrogens is 334 g/mol. The second-order valence-corrected chi connectivity index (χ2v) is 6.25. The van der Waals surface area contributed by atoms with Crippen LogP contribution in [0.25, 0.3) is 0 Å². The summed E-state index contributed by atoms with van der Waals surface area (Å²) in [4.78, 5) is 39.6. The predicted octanol–water partition coefficient (Wildman–Crippen LogP) is 2.19. The van der Waals surface area contributed by atoms with E-state index in [0.29, 0.717) is 32.8 Å². The summed E-state index contributed by atoms with van der Waals surface area (Å²) in [5.41, 5.74) is 2.82. The fourth-order valence-corrected chi connectivity index (χ4v) is 2.99. The van der Waals surface area contributed by atoms with Crippen molar-refractivity contribution in [1.82, 2.24) is 9.80 Å². The first-order valence-corrected chi connectivity index (χ1v) is 9.04. The molecule has 7 heteroatoms. The Balaban J connectivity index is 1.87. The molecule has 1 heterocycles. The van der Waals surface area contributed by atoms with Crippen LogP contribution in [0.15, 0.2) is 18.2 Å². The molecular formula is C19H27N3O4. The quantitative estimate of drug-likeness (QED) is 0.816. The average molecular weight is 361 g/mol. The SMILES string of the molecule is CCOC(=O)N1CCN(C(=O)CC(=O)Nc2c(C)cccc2CC)CC1. The predicted molar refractivity (Wildman–Crippen MR) is 99.0 cm³/mol. The van der Waals surface area contributed by atoms with Gasteiger partial charge in [0, 0.05) is 31.9 Å². The number of nitrogens with one attached hydrogen (secondary N) is 1. The zero-order chi connectivity index (χ0) is 19.1. The van der Waals surface area contributed by atoms with Crippen LogP contribution in [0.3, 0.4) is 0 Å². The van der Waals surface area contributed by atoms with Gasteiger partial charge in [-0.25, -0.2) is 4.79 Å². The van der Waals surface area contributed by atoms with E-state index in [2.05, 4.69) is 5.32 Å². The number of carbonyl (C=O) groups excluding carboxylic acids is 3. The lowest BCUT2D eigenvalue weighted by Gasteiger charge is -2.34. The monoisotopic (exact) mass is 361 g/mol. The van der Waals surface area contributed by atoms with Crippen LogP contribution in [0.4, 0.5) is 10.5 Å². The van der Waals surface area contributed by atoms with Gasteiger partial charge in [0.05, 0.1) is 6.61 Å². The van der Waals surface area contributed by atoms with Gasteiger partial charge in [0.15, 0.2) is 0 Å². The number of ether oxygens (including phenoxy) is 1. The van der Waals surface area contributed by atoms with Gasteiger partial charge in [-0.1, -0.05) is 25.1 Å². The number of hydrogen-bond donors (Lipinski definition) is 1. The van der Waals surface area contributed by atoms with Gasteiger partial charge in [-0.3, -0.25) is 9.59 Å². The molecule has 7 nitrogen and oxygen atoms in total. The van der Waals surface area contributed by atoms with E-state index in [1.165, 1.54) is 0 Å². The van der Waals surface area contributed by atoms with E-state index >= 15 is 0 Å². The molecule has 2 rings (SSSR count). The van der Waals surface area contributed by atoms with E-state index in [-0.39, 0.29) is 24.3 Å². The number of aryl methyl sites for hydroxylation is 2. The summed E-state index contributed by atoms with van der Waals surface area (Å²) in [5, 5.41) is 2.87. The van der Waals surface area contributed by atoms with Gasteiger partial charge in [0.1, 0.15) is 6.42 Å². The van der Waals surface area contributed by atoms with E-state index in [1.54, 1.807) is 16.7 Å². The summed E-state index contributed by atoms with van der Waals surface area (Å²) in [6, 6.07) is 5.86. The molecule has 0 spiro atoms. The van der Waals surface area contributed by atoms with Gasteiger partial charge in [0.25, 0.3) is 0 Å². The molecule has 1 aromatic carbocycles. The maximum Gasteiger partial charge on any atom is 0.409 e. The lowest BCUT2D eigenvalue weighted by Crippen LogP contribution is -2.51. The third kappa shape index (κ3) is 4.97. The highest BCUT2D eigenvalue weighted by Crippen LogP contribution is 2.21. The summed E-state index contributed by atoms with van der Waals surface area (Å²) in [5.74, 6) is -0.538. The summed E-state index contributed by atoms with van der Waals surface area (Å²) >= 11 is 0. The summed E-state index contributed by atoms with van der Waals surface area (Å²) in [7, 11) is 0. The van der Waals surface area contributed by atoms with Crippen molar-refractivity contribution in [2.75, 3.05) is 38.1 Å². The van der Waals surface area contributed by atoms with Gasteiger partial charge in [0.2, 0.25) is 11.8 Å². The number of rotatable bonds is 5. The largest absolute Gasteiger partial charge is 0.450 e. The van der Waals surface area contributed by atoms with Crippen LogP contribution < -0.4 is 5.32 Å². The van der Waals surface area contributed by atoms with Gasteiger partial charge < -0.3 is 19.9 Å². The van der Waals surface area contributed by atoms with Crippen LogP contribution in [0.1, 0.15) is 31.4 Å². The van der Waals surface area contributed by atoms with Crippen LogP contribution in [-0.4, -0.2) is 60.5 Å². The van der Waals surface area contributed by atoms with E-state index in [1.807, 2.05) is 32.0 Å². The standard InChI is InChI=1S/C19H27N3O4/c1-4-15-8-6-7-14(3)18(15)20-16(23)13-17(24)21-9-11-22(12-10-21)19(25)26-5-2/h6-8H,4-5,9-13H2,1-3H3,(H,20,23). The molecule has 0 aliphatic carbocycles. The lowest BCUT2D eigenvalue weighted by atomic mass is 10.1. The molecule has 1 N–H and O–H groups in total. The van der Waals surface area contributed by atoms with Crippen molar-refractivity contribution in [2.45, 2.75) is 33.6 Å². The van der Waals surface area contributed by atoms with Crippen LogP contribution in [0.2, 0.25) is 0 Å². The molecule has 0 saturated carbocycles. The molecule has 26 heavy (non-hydrogen) atoms. The summed E-state index contributed by atoms with van der Waals surface area (Å²) in [6.07, 6.45) is 0.252. The highest BCUT2D eigenvalue weighted by molar-refractivity contribution is 6.04. The molecule has 1 fully saturated rings. The highest BCUT2D eigenvalue weighted by Gasteiger charge is 2.26. The third-order valence-corrected chi connectivity index (χ3v) is 4.47. The first-order valence-electron chi connectivity index (χ1n) is 9.04. The molecule has 0 radical (unpaired) electrons. The van der Waals surface area contributed by atoms with E-state index in [4.69, 9.17) is 4.74 Å². The van der Waals surface area contributed by atoms with Crippen molar-refractivity contribution >= 4 is 23.6 Å².